The second kappa shape index (κ2) is 10.4. The standard InChI is InChI=1S/C25H26N4O2/c1-4-15-29(17-20-7-5-19(16-26)6-8-20)24(30)14-13-23-27-25(28-31-23)22-11-9-21(10-12-22)18(2)3/h4-12,18H,1,13-15,17H2,2-3H3. The van der Waals surface area contributed by atoms with Gasteiger partial charge in [-0.2, -0.15) is 10.2 Å². The van der Waals surface area contributed by atoms with E-state index in [-0.39, 0.29) is 12.3 Å². The number of nitrogens with zero attached hydrogens (tertiary/aromatic N) is 4. The highest BCUT2D eigenvalue weighted by Crippen LogP contribution is 2.21. The van der Waals surface area contributed by atoms with Crippen molar-refractivity contribution in [3.63, 3.8) is 0 Å². The maximum atomic E-state index is 12.7. The molecule has 0 bridgehead atoms. The quantitative estimate of drug-likeness (QED) is 0.466. The Kier molecular flexibility index (Phi) is 7.34. The summed E-state index contributed by atoms with van der Waals surface area (Å²) in [5.41, 5.74) is 3.69. The van der Waals surface area contributed by atoms with E-state index in [4.69, 9.17) is 9.78 Å². The summed E-state index contributed by atoms with van der Waals surface area (Å²) < 4.78 is 5.35. The maximum Gasteiger partial charge on any atom is 0.227 e. The number of hydrogen-bond donors (Lipinski definition) is 0. The van der Waals surface area contributed by atoms with Gasteiger partial charge in [0.15, 0.2) is 0 Å². The van der Waals surface area contributed by atoms with Crippen LogP contribution in [0.3, 0.4) is 0 Å². The molecule has 0 atom stereocenters. The zero-order valence-electron chi connectivity index (χ0n) is 17.9. The average Bonchev–Trinajstić information content (AvgIpc) is 3.27. The third-order valence-corrected chi connectivity index (χ3v) is 5.02. The third kappa shape index (κ3) is 5.89. The van der Waals surface area contributed by atoms with Crippen LogP contribution in [-0.2, 0) is 17.8 Å². The zero-order valence-corrected chi connectivity index (χ0v) is 17.9. The van der Waals surface area contributed by atoms with E-state index in [0.717, 1.165) is 11.1 Å². The van der Waals surface area contributed by atoms with Gasteiger partial charge in [0, 0.05) is 31.5 Å². The Balaban J connectivity index is 1.60. The molecular formula is C25H26N4O2. The van der Waals surface area contributed by atoms with E-state index in [9.17, 15) is 4.79 Å². The van der Waals surface area contributed by atoms with Crippen LogP contribution in [0, 0.1) is 11.3 Å². The number of aromatic nitrogens is 2. The SMILES string of the molecule is C=CCN(Cc1ccc(C#N)cc1)C(=O)CCc1nc(-c2ccc(C(C)C)cc2)no1. The summed E-state index contributed by atoms with van der Waals surface area (Å²) in [5.74, 6) is 1.40. The molecule has 0 N–H and O–H groups in total. The molecule has 3 rings (SSSR count). The molecule has 6 nitrogen and oxygen atoms in total. The predicted molar refractivity (Wildman–Crippen MR) is 119 cm³/mol. The fourth-order valence-electron chi connectivity index (χ4n) is 3.18. The van der Waals surface area contributed by atoms with Gasteiger partial charge in [-0.15, -0.1) is 6.58 Å². The Bertz CT molecular complexity index is 1060. The summed E-state index contributed by atoms with van der Waals surface area (Å²) in [6, 6.07) is 17.4. The second-order valence-electron chi connectivity index (χ2n) is 7.66. The Morgan fingerprint density at radius 2 is 1.90 bits per heavy atom. The van der Waals surface area contributed by atoms with Crippen LogP contribution in [0.2, 0.25) is 0 Å². The van der Waals surface area contributed by atoms with Crippen LogP contribution >= 0.6 is 0 Å². The maximum absolute atomic E-state index is 12.7. The average molecular weight is 415 g/mol. The Labute approximate surface area is 182 Å². The summed E-state index contributed by atoms with van der Waals surface area (Å²) in [6.07, 6.45) is 2.34. The van der Waals surface area contributed by atoms with Crippen molar-refractivity contribution in [1.82, 2.24) is 15.0 Å². The molecule has 2 aromatic carbocycles. The smallest absolute Gasteiger partial charge is 0.227 e. The van der Waals surface area contributed by atoms with Crippen LogP contribution in [-0.4, -0.2) is 27.5 Å². The van der Waals surface area contributed by atoms with Crippen LogP contribution in [0.1, 0.15) is 48.8 Å². The number of hydrogen-bond acceptors (Lipinski definition) is 5. The van der Waals surface area contributed by atoms with Gasteiger partial charge in [-0.3, -0.25) is 4.79 Å². The van der Waals surface area contributed by atoms with Gasteiger partial charge < -0.3 is 9.42 Å². The minimum atomic E-state index is -0.0229. The minimum Gasteiger partial charge on any atom is -0.339 e. The van der Waals surface area contributed by atoms with E-state index >= 15 is 0 Å². The number of nitriles is 1. The van der Waals surface area contributed by atoms with Crippen molar-refractivity contribution >= 4 is 5.91 Å². The first-order valence-corrected chi connectivity index (χ1v) is 10.3. The van der Waals surface area contributed by atoms with Crippen LogP contribution in [0.15, 0.2) is 65.7 Å². The van der Waals surface area contributed by atoms with Crippen molar-refractivity contribution in [3.05, 3.63) is 83.8 Å². The van der Waals surface area contributed by atoms with E-state index in [2.05, 4.69) is 48.8 Å². The predicted octanol–water partition coefficient (Wildman–Crippen LogP) is 4.88. The molecule has 0 aliphatic carbocycles. The highest BCUT2D eigenvalue weighted by molar-refractivity contribution is 5.76. The molecule has 3 aromatic rings. The number of aryl methyl sites for hydroxylation is 1. The van der Waals surface area contributed by atoms with Gasteiger partial charge in [-0.05, 0) is 29.2 Å². The first kappa shape index (κ1) is 22.0. The van der Waals surface area contributed by atoms with E-state index < -0.39 is 0 Å². The third-order valence-electron chi connectivity index (χ3n) is 5.02. The molecule has 0 spiro atoms. The van der Waals surface area contributed by atoms with Crippen molar-refractivity contribution in [1.29, 1.82) is 5.26 Å². The van der Waals surface area contributed by atoms with E-state index in [0.29, 0.717) is 42.7 Å². The van der Waals surface area contributed by atoms with Crippen molar-refractivity contribution in [2.24, 2.45) is 0 Å². The van der Waals surface area contributed by atoms with Crippen LogP contribution in [0.25, 0.3) is 11.4 Å². The first-order valence-electron chi connectivity index (χ1n) is 10.3. The highest BCUT2D eigenvalue weighted by atomic mass is 16.5. The molecule has 0 aliphatic heterocycles. The molecule has 158 valence electrons. The normalized spacial score (nSPS) is 10.6. The number of carbonyl (C=O) groups is 1. The molecule has 0 aliphatic rings. The lowest BCUT2D eigenvalue weighted by molar-refractivity contribution is -0.131. The lowest BCUT2D eigenvalue weighted by atomic mass is 10.0. The van der Waals surface area contributed by atoms with Gasteiger partial charge in [-0.25, -0.2) is 0 Å². The van der Waals surface area contributed by atoms with E-state index in [1.54, 1.807) is 23.1 Å². The highest BCUT2D eigenvalue weighted by Gasteiger charge is 2.16. The fourth-order valence-corrected chi connectivity index (χ4v) is 3.18. The summed E-state index contributed by atoms with van der Waals surface area (Å²) in [6.45, 7) is 8.94. The largest absolute Gasteiger partial charge is 0.339 e. The molecule has 0 unspecified atom stereocenters. The Morgan fingerprint density at radius 1 is 1.19 bits per heavy atom. The molecule has 1 amide bonds. The lowest BCUT2D eigenvalue weighted by Gasteiger charge is -2.21. The topological polar surface area (TPSA) is 83.0 Å². The summed E-state index contributed by atoms with van der Waals surface area (Å²) in [7, 11) is 0. The van der Waals surface area contributed by atoms with E-state index in [1.165, 1.54) is 5.56 Å². The van der Waals surface area contributed by atoms with E-state index in [1.807, 2.05) is 24.3 Å². The summed E-state index contributed by atoms with van der Waals surface area (Å²) in [4.78, 5) is 18.9. The van der Waals surface area contributed by atoms with Crippen molar-refractivity contribution < 1.29 is 9.32 Å². The van der Waals surface area contributed by atoms with Crippen molar-refractivity contribution in [3.8, 4) is 17.5 Å². The molecule has 0 saturated heterocycles. The number of rotatable bonds is 9. The summed E-state index contributed by atoms with van der Waals surface area (Å²) >= 11 is 0. The zero-order chi connectivity index (χ0) is 22.2. The molecule has 6 heteroatoms. The van der Waals surface area contributed by atoms with Gasteiger partial charge in [0.05, 0.1) is 11.6 Å². The van der Waals surface area contributed by atoms with Gasteiger partial charge in [0.25, 0.3) is 0 Å². The molecule has 31 heavy (non-hydrogen) atoms. The molecule has 0 saturated carbocycles. The number of benzene rings is 2. The first-order chi connectivity index (χ1) is 15.0. The molecular weight excluding hydrogens is 388 g/mol. The van der Waals surface area contributed by atoms with Gasteiger partial charge >= 0.3 is 0 Å². The number of carbonyl (C=O) groups excluding carboxylic acids is 1. The molecule has 0 fully saturated rings. The Morgan fingerprint density at radius 3 is 2.52 bits per heavy atom. The van der Waals surface area contributed by atoms with Crippen molar-refractivity contribution in [2.75, 3.05) is 6.54 Å². The number of amides is 1. The van der Waals surface area contributed by atoms with Gasteiger partial charge in [-0.1, -0.05) is 61.5 Å². The van der Waals surface area contributed by atoms with Gasteiger partial charge in [0.1, 0.15) is 0 Å². The molecule has 1 heterocycles. The van der Waals surface area contributed by atoms with Crippen LogP contribution < -0.4 is 0 Å². The second-order valence-corrected chi connectivity index (χ2v) is 7.66. The van der Waals surface area contributed by atoms with Crippen LogP contribution in [0.5, 0.6) is 0 Å². The van der Waals surface area contributed by atoms with Crippen molar-refractivity contribution in [2.45, 2.75) is 39.2 Å². The minimum absolute atomic E-state index is 0.0229. The lowest BCUT2D eigenvalue weighted by Crippen LogP contribution is -2.30. The summed E-state index contributed by atoms with van der Waals surface area (Å²) in [5, 5.41) is 13.0. The fraction of sp³-hybridized carbons (Fsp3) is 0.280. The monoisotopic (exact) mass is 414 g/mol. The molecule has 1 aromatic heterocycles. The van der Waals surface area contributed by atoms with Gasteiger partial charge in [0.2, 0.25) is 17.6 Å². The molecule has 0 radical (unpaired) electrons. The van der Waals surface area contributed by atoms with Crippen LogP contribution in [0.4, 0.5) is 0 Å². The Hall–Kier alpha value is -3.72.